The summed E-state index contributed by atoms with van der Waals surface area (Å²) in [6, 6.07) is 6.59. The van der Waals surface area contributed by atoms with Crippen LogP contribution in [0.5, 0.6) is 0 Å². The molecule has 0 radical (unpaired) electrons. The number of piperidine rings is 1. The number of ether oxygens (including phenoxy) is 1. The zero-order chi connectivity index (χ0) is 21.1. The average Bonchev–Trinajstić information content (AvgIpc) is 2.72. The highest BCUT2D eigenvalue weighted by Gasteiger charge is 2.36. The Kier molecular flexibility index (Phi) is 6.55. The highest BCUT2D eigenvalue weighted by atomic mass is 16.6. The van der Waals surface area contributed by atoms with E-state index in [0.717, 1.165) is 49.8 Å². The van der Waals surface area contributed by atoms with Gasteiger partial charge in [0.25, 0.3) is 0 Å². The number of nitrogens with zero attached hydrogens (tertiary/aromatic N) is 1. The van der Waals surface area contributed by atoms with E-state index in [0.29, 0.717) is 19.0 Å². The van der Waals surface area contributed by atoms with Crippen LogP contribution in [0.3, 0.4) is 0 Å². The van der Waals surface area contributed by atoms with Crippen molar-refractivity contribution < 1.29 is 14.3 Å². The van der Waals surface area contributed by atoms with Gasteiger partial charge in [-0.15, -0.1) is 0 Å². The van der Waals surface area contributed by atoms with E-state index in [9.17, 15) is 9.59 Å². The Labute approximate surface area is 175 Å². The fourth-order valence-electron chi connectivity index (χ4n) is 4.81. The van der Waals surface area contributed by atoms with Crippen LogP contribution < -0.4 is 5.32 Å². The maximum Gasteiger partial charge on any atom is 0.410 e. The van der Waals surface area contributed by atoms with Crippen molar-refractivity contribution in [2.24, 2.45) is 0 Å². The van der Waals surface area contributed by atoms with Gasteiger partial charge in [-0.2, -0.15) is 0 Å². The predicted octanol–water partition coefficient (Wildman–Crippen LogP) is 5.24. The van der Waals surface area contributed by atoms with Crippen LogP contribution in [0.25, 0.3) is 0 Å². The number of carbonyl (C=O) groups excluding carboxylic acids is 2. The summed E-state index contributed by atoms with van der Waals surface area (Å²) in [5.74, 6) is 0.424. The van der Waals surface area contributed by atoms with E-state index >= 15 is 0 Å². The van der Waals surface area contributed by atoms with Crippen LogP contribution in [0.1, 0.15) is 82.8 Å². The molecule has 0 aromatic heterocycles. The first kappa shape index (κ1) is 21.7. The largest absolute Gasteiger partial charge is 0.444 e. The molecule has 0 spiro atoms. The van der Waals surface area contributed by atoms with Gasteiger partial charge in [0.05, 0.1) is 5.41 Å². The number of anilines is 1. The van der Waals surface area contributed by atoms with Crippen molar-refractivity contribution >= 4 is 18.1 Å². The molecule has 3 rings (SSSR count). The van der Waals surface area contributed by atoms with Crippen LogP contribution in [0, 0.1) is 0 Å². The number of hydrogen-bond donors (Lipinski definition) is 1. The normalized spacial score (nSPS) is 20.2. The minimum atomic E-state index is -0.459. The van der Waals surface area contributed by atoms with E-state index < -0.39 is 5.60 Å². The van der Waals surface area contributed by atoms with Crippen LogP contribution in [-0.2, 0) is 14.9 Å². The molecule has 160 valence electrons. The number of aldehydes is 1. The summed E-state index contributed by atoms with van der Waals surface area (Å²) in [4.78, 5) is 26.2. The molecule has 0 atom stereocenters. The zero-order valence-electron chi connectivity index (χ0n) is 18.4. The van der Waals surface area contributed by atoms with Gasteiger partial charge in [-0.1, -0.05) is 31.4 Å². The van der Waals surface area contributed by atoms with E-state index in [2.05, 4.69) is 23.5 Å². The summed E-state index contributed by atoms with van der Waals surface area (Å²) in [6.07, 6.45) is 8.17. The first-order chi connectivity index (χ1) is 13.8. The molecule has 1 saturated heterocycles. The molecule has 0 unspecified atom stereocenters. The van der Waals surface area contributed by atoms with Gasteiger partial charge < -0.3 is 19.7 Å². The van der Waals surface area contributed by atoms with Gasteiger partial charge in [0, 0.05) is 25.8 Å². The minimum absolute atomic E-state index is 0.215. The molecule has 2 aliphatic rings. The fourth-order valence-corrected chi connectivity index (χ4v) is 4.81. The summed E-state index contributed by atoms with van der Waals surface area (Å²) in [6.45, 7) is 7.13. The molecule has 0 bridgehead atoms. The second kappa shape index (κ2) is 8.76. The van der Waals surface area contributed by atoms with Crippen LogP contribution in [0.2, 0.25) is 0 Å². The molecule has 1 aromatic rings. The maximum absolute atomic E-state index is 12.3. The highest BCUT2D eigenvalue weighted by molar-refractivity contribution is 5.74. The Morgan fingerprint density at radius 2 is 1.83 bits per heavy atom. The SMILES string of the molecule is CNc1cc(C2CCN(C(=O)OC(C)(C)C)CC2)ccc1C1(C=O)CCCCC1. The van der Waals surface area contributed by atoms with Crippen LogP contribution in [-0.4, -0.2) is 43.0 Å². The van der Waals surface area contributed by atoms with E-state index in [1.807, 2.05) is 32.7 Å². The highest BCUT2D eigenvalue weighted by Crippen LogP contribution is 2.42. The van der Waals surface area contributed by atoms with Crippen molar-refractivity contribution in [1.82, 2.24) is 4.90 Å². The molecule has 5 nitrogen and oxygen atoms in total. The topological polar surface area (TPSA) is 58.6 Å². The van der Waals surface area contributed by atoms with Crippen molar-refractivity contribution in [2.45, 2.75) is 82.7 Å². The van der Waals surface area contributed by atoms with Crippen LogP contribution in [0.15, 0.2) is 18.2 Å². The van der Waals surface area contributed by atoms with E-state index in [1.165, 1.54) is 18.3 Å². The molecule has 29 heavy (non-hydrogen) atoms. The molecule has 1 aromatic carbocycles. The van der Waals surface area contributed by atoms with Crippen molar-refractivity contribution in [1.29, 1.82) is 0 Å². The second-order valence-electron chi connectivity index (χ2n) is 9.63. The third kappa shape index (κ3) is 4.93. The van der Waals surface area contributed by atoms with Crippen molar-refractivity contribution in [3.05, 3.63) is 29.3 Å². The molecular weight excluding hydrogens is 364 g/mol. The molecule has 1 aliphatic carbocycles. The Bertz CT molecular complexity index is 724. The monoisotopic (exact) mass is 400 g/mol. The number of amides is 1. The van der Waals surface area contributed by atoms with Gasteiger partial charge in [-0.25, -0.2) is 4.79 Å². The van der Waals surface area contributed by atoms with Gasteiger partial charge >= 0.3 is 6.09 Å². The summed E-state index contributed by atoms with van der Waals surface area (Å²) in [5, 5.41) is 3.34. The molecule has 1 aliphatic heterocycles. The standard InChI is InChI=1S/C24H36N2O3/c1-23(2,3)29-22(28)26-14-10-18(11-15-26)19-8-9-20(21(16-19)25-4)24(17-27)12-6-5-7-13-24/h8-9,16-18,25H,5-7,10-15H2,1-4H3. The number of carbonyl (C=O) groups is 2. The Hall–Kier alpha value is -2.04. The molecule has 1 amide bonds. The quantitative estimate of drug-likeness (QED) is 0.702. The lowest BCUT2D eigenvalue weighted by molar-refractivity contribution is -0.113. The molecular formula is C24H36N2O3. The van der Waals surface area contributed by atoms with Crippen molar-refractivity contribution in [3.8, 4) is 0 Å². The first-order valence-electron chi connectivity index (χ1n) is 11.0. The number of nitrogens with one attached hydrogen (secondary N) is 1. The van der Waals surface area contributed by atoms with Gasteiger partial charge in [0.1, 0.15) is 11.9 Å². The molecule has 1 heterocycles. The predicted molar refractivity (Wildman–Crippen MR) is 117 cm³/mol. The minimum Gasteiger partial charge on any atom is -0.444 e. The fraction of sp³-hybridized carbons (Fsp3) is 0.667. The number of benzene rings is 1. The van der Waals surface area contributed by atoms with Crippen molar-refractivity contribution in [2.75, 3.05) is 25.5 Å². The lowest BCUT2D eigenvalue weighted by atomic mass is 9.69. The Balaban J connectivity index is 1.71. The summed E-state index contributed by atoms with van der Waals surface area (Å²) in [5.41, 5.74) is 2.71. The van der Waals surface area contributed by atoms with Gasteiger partial charge in [-0.3, -0.25) is 0 Å². The van der Waals surface area contributed by atoms with E-state index in [1.54, 1.807) is 0 Å². The van der Waals surface area contributed by atoms with Gasteiger partial charge in [-0.05, 0) is 69.6 Å². The van der Waals surface area contributed by atoms with Crippen molar-refractivity contribution in [3.63, 3.8) is 0 Å². The smallest absolute Gasteiger partial charge is 0.410 e. The number of hydrogen-bond acceptors (Lipinski definition) is 4. The van der Waals surface area contributed by atoms with Crippen LogP contribution >= 0.6 is 0 Å². The van der Waals surface area contributed by atoms with E-state index in [4.69, 9.17) is 4.74 Å². The number of likely N-dealkylation sites (tertiary alicyclic amines) is 1. The molecule has 5 heteroatoms. The van der Waals surface area contributed by atoms with E-state index in [-0.39, 0.29) is 11.5 Å². The second-order valence-corrected chi connectivity index (χ2v) is 9.63. The molecule has 1 N–H and O–H groups in total. The Morgan fingerprint density at radius 3 is 2.38 bits per heavy atom. The summed E-state index contributed by atoms with van der Waals surface area (Å²) in [7, 11) is 1.94. The molecule has 1 saturated carbocycles. The van der Waals surface area contributed by atoms with Gasteiger partial charge in [0.15, 0.2) is 0 Å². The molecule has 2 fully saturated rings. The lowest BCUT2D eigenvalue weighted by Crippen LogP contribution is -2.41. The maximum atomic E-state index is 12.3. The number of rotatable bonds is 4. The first-order valence-corrected chi connectivity index (χ1v) is 11.0. The summed E-state index contributed by atoms with van der Waals surface area (Å²) < 4.78 is 5.50. The third-order valence-corrected chi connectivity index (χ3v) is 6.44. The van der Waals surface area contributed by atoms with Gasteiger partial charge in [0.2, 0.25) is 0 Å². The third-order valence-electron chi connectivity index (χ3n) is 6.44. The average molecular weight is 401 g/mol. The lowest BCUT2D eigenvalue weighted by Gasteiger charge is -2.36. The Morgan fingerprint density at radius 1 is 1.17 bits per heavy atom. The van der Waals surface area contributed by atoms with Crippen LogP contribution in [0.4, 0.5) is 10.5 Å². The zero-order valence-corrected chi connectivity index (χ0v) is 18.4. The summed E-state index contributed by atoms with van der Waals surface area (Å²) >= 11 is 0.